The predicted molar refractivity (Wildman–Crippen MR) is 89.6 cm³/mol. The largest absolute Gasteiger partial charge is 0.341 e. The van der Waals surface area contributed by atoms with Crippen LogP contribution in [0.4, 0.5) is 0 Å². The molecule has 2 fully saturated rings. The third-order valence-electron chi connectivity index (χ3n) is 5.48. The lowest BCUT2D eigenvalue weighted by atomic mass is 9.93. The number of fused-ring (bicyclic) bond motifs is 1. The fraction of sp³-hybridized carbons (Fsp3) is 0.500. The molecule has 0 radical (unpaired) electrons. The van der Waals surface area contributed by atoms with Crippen LogP contribution in [0.1, 0.15) is 43.0 Å². The second-order valence-electron chi connectivity index (χ2n) is 7.16. The first-order chi connectivity index (χ1) is 11.6. The van der Waals surface area contributed by atoms with Gasteiger partial charge in [-0.2, -0.15) is 0 Å². The molecule has 1 saturated heterocycles. The van der Waals surface area contributed by atoms with Crippen molar-refractivity contribution in [3.05, 3.63) is 36.4 Å². The molecule has 1 spiro atoms. The van der Waals surface area contributed by atoms with Crippen LogP contribution in [0.3, 0.4) is 0 Å². The number of hydrogen-bond acceptors (Lipinski definition) is 3. The maximum Gasteiger partial charge on any atom is 0.253 e. The average Bonchev–Trinajstić information content (AvgIpc) is 3.18. The summed E-state index contributed by atoms with van der Waals surface area (Å²) in [6.45, 7) is 3.40. The molecule has 1 atom stereocenters. The second kappa shape index (κ2) is 5.61. The topological polar surface area (TPSA) is 66.7 Å². The highest BCUT2D eigenvalue weighted by molar-refractivity contribution is 5.97. The van der Waals surface area contributed by atoms with Crippen molar-refractivity contribution in [1.29, 1.82) is 0 Å². The zero-order valence-corrected chi connectivity index (χ0v) is 13.9. The van der Waals surface area contributed by atoms with E-state index in [0.717, 1.165) is 31.4 Å². The maximum absolute atomic E-state index is 12.6. The quantitative estimate of drug-likeness (QED) is 0.936. The van der Waals surface area contributed by atoms with Gasteiger partial charge in [-0.05, 0) is 50.2 Å². The molecule has 6 heteroatoms. The van der Waals surface area contributed by atoms with Gasteiger partial charge in [-0.25, -0.2) is 4.98 Å². The van der Waals surface area contributed by atoms with Crippen LogP contribution in [-0.2, 0) is 4.79 Å². The van der Waals surface area contributed by atoms with Crippen molar-refractivity contribution in [3.8, 4) is 0 Å². The Balaban J connectivity index is 1.38. The summed E-state index contributed by atoms with van der Waals surface area (Å²) in [5, 5.41) is 2.82. The number of nitrogens with one attached hydrogen (secondary N) is 1. The summed E-state index contributed by atoms with van der Waals surface area (Å²) >= 11 is 0. The van der Waals surface area contributed by atoms with Crippen molar-refractivity contribution >= 4 is 17.3 Å². The van der Waals surface area contributed by atoms with Crippen LogP contribution in [0, 0.1) is 5.41 Å². The Labute approximate surface area is 140 Å². The number of aromatic nitrogens is 2. The highest BCUT2D eigenvalue weighted by Crippen LogP contribution is 2.53. The van der Waals surface area contributed by atoms with E-state index in [1.807, 2.05) is 11.0 Å². The molecule has 0 bridgehead atoms. The zero-order valence-electron chi connectivity index (χ0n) is 13.9. The van der Waals surface area contributed by atoms with Gasteiger partial charge < -0.3 is 14.6 Å². The van der Waals surface area contributed by atoms with Crippen LogP contribution in [0.25, 0.3) is 5.52 Å². The molecule has 1 aliphatic heterocycles. The highest BCUT2D eigenvalue weighted by Gasteiger charge is 2.45. The lowest BCUT2D eigenvalue weighted by Gasteiger charge is -2.33. The molecule has 4 rings (SSSR count). The molecule has 3 heterocycles. The number of nitrogens with zero attached hydrogens (tertiary/aromatic N) is 3. The van der Waals surface area contributed by atoms with Crippen LogP contribution < -0.4 is 5.32 Å². The number of rotatable bonds is 3. The minimum atomic E-state index is -0.510. The smallest absolute Gasteiger partial charge is 0.253 e. The van der Waals surface area contributed by atoms with E-state index in [4.69, 9.17) is 0 Å². The van der Waals surface area contributed by atoms with E-state index in [-0.39, 0.29) is 11.8 Å². The van der Waals surface area contributed by atoms with Gasteiger partial charge in [0, 0.05) is 19.3 Å². The third-order valence-corrected chi connectivity index (χ3v) is 5.48. The molecule has 24 heavy (non-hydrogen) atoms. The number of carbonyl (C=O) groups excluding carboxylic acids is 2. The van der Waals surface area contributed by atoms with Gasteiger partial charge >= 0.3 is 0 Å². The number of carbonyl (C=O) groups is 2. The van der Waals surface area contributed by atoms with Crippen LogP contribution in [-0.4, -0.2) is 45.2 Å². The molecule has 2 aromatic rings. The van der Waals surface area contributed by atoms with E-state index in [9.17, 15) is 9.59 Å². The van der Waals surface area contributed by atoms with Gasteiger partial charge in [0.25, 0.3) is 5.91 Å². The first kappa shape index (κ1) is 15.2. The van der Waals surface area contributed by atoms with Crippen molar-refractivity contribution in [1.82, 2.24) is 19.6 Å². The number of likely N-dealkylation sites (tertiary alicyclic amines) is 1. The van der Waals surface area contributed by atoms with Gasteiger partial charge in [-0.1, -0.05) is 0 Å². The molecule has 2 aliphatic rings. The number of amides is 2. The van der Waals surface area contributed by atoms with Crippen LogP contribution in [0.5, 0.6) is 0 Å². The Morgan fingerprint density at radius 1 is 1.21 bits per heavy atom. The van der Waals surface area contributed by atoms with Crippen molar-refractivity contribution < 1.29 is 9.59 Å². The fourth-order valence-corrected chi connectivity index (χ4v) is 3.55. The first-order valence-electron chi connectivity index (χ1n) is 8.58. The van der Waals surface area contributed by atoms with Gasteiger partial charge in [-0.15, -0.1) is 0 Å². The van der Waals surface area contributed by atoms with Crippen molar-refractivity contribution in [3.63, 3.8) is 0 Å². The Morgan fingerprint density at radius 3 is 2.67 bits per heavy atom. The molecule has 6 nitrogen and oxygen atoms in total. The lowest BCUT2D eigenvalue weighted by molar-refractivity contribution is -0.134. The first-order valence-corrected chi connectivity index (χ1v) is 8.58. The summed E-state index contributed by atoms with van der Waals surface area (Å²) in [5.74, 6) is -0.218. The summed E-state index contributed by atoms with van der Waals surface area (Å²) in [7, 11) is 0. The number of piperidine rings is 1. The van der Waals surface area contributed by atoms with Gasteiger partial charge in [0.05, 0.1) is 23.6 Å². The van der Waals surface area contributed by atoms with E-state index in [2.05, 4.69) is 10.3 Å². The summed E-state index contributed by atoms with van der Waals surface area (Å²) in [4.78, 5) is 30.9. The minimum absolute atomic E-state index is 0.0163. The number of pyridine rings is 1. The highest BCUT2D eigenvalue weighted by atomic mass is 16.2. The van der Waals surface area contributed by atoms with Gasteiger partial charge in [0.1, 0.15) is 6.04 Å². The minimum Gasteiger partial charge on any atom is -0.341 e. The molecule has 1 N–H and O–H groups in total. The average molecular weight is 326 g/mol. The Bertz CT molecular complexity index is 783. The zero-order chi connectivity index (χ0) is 16.7. The molecule has 2 amide bonds. The Kier molecular flexibility index (Phi) is 3.55. The van der Waals surface area contributed by atoms with E-state index < -0.39 is 6.04 Å². The van der Waals surface area contributed by atoms with Crippen molar-refractivity contribution in [2.75, 3.05) is 13.1 Å². The summed E-state index contributed by atoms with van der Waals surface area (Å²) in [6, 6.07) is 3.08. The van der Waals surface area contributed by atoms with E-state index >= 15 is 0 Å². The molecule has 0 aromatic carbocycles. The third kappa shape index (κ3) is 2.77. The maximum atomic E-state index is 12.6. The standard InChI is InChI=1S/C18H22N4O2/c1-13(17(24)21-8-6-18(4-5-18)7-9-21)20-16(23)14-2-3-15-10-19-12-22(15)11-14/h2-3,10-13H,4-9H2,1H3,(H,20,23)/t13-/m1/s1. The van der Waals surface area contributed by atoms with E-state index in [1.54, 1.807) is 36.1 Å². The monoisotopic (exact) mass is 326 g/mol. The molecule has 2 aromatic heterocycles. The Morgan fingerprint density at radius 2 is 1.96 bits per heavy atom. The molecule has 0 unspecified atom stereocenters. The normalized spacial score (nSPS) is 20.1. The predicted octanol–water partition coefficient (Wildman–Crippen LogP) is 1.86. The van der Waals surface area contributed by atoms with Gasteiger partial charge in [0.2, 0.25) is 5.91 Å². The van der Waals surface area contributed by atoms with Gasteiger partial charge in [-0.3, -0.25) is 9.59 Å². The van der Waals surface area contributed by atoms with Crippen molar-refractivity contribution in [2.24, 2.45) is 5.41 Å². The fourth-order valence-electron chi connectivity index (χ4n) is 3.55. The molecular formula is C18H22N4O2. The SMILES string of the molecule is C[C@@H](NC(=O)c1ccc2cncn2c1)C(=O)N1CCC2(CC1)CC2. The number of hydrogen-bond donors (Lipinski definition) is 1. The van der Waals surface area contributed by atoms with Gasteiger partial charge in [0.15, 0.2) is 0 Å². The Hall–Kier alpha value is -2.37. The van der Waals surface area contributed by atoms with E-state index in [0.29, 0.717) is 11.0 Å². The van der Waals surface area contributed by atoms with Crippen molar-refractivity contribution in [2.45, 2.75) is 38.6 Å². The van der Waals surface area contributed by atoms with E-state index in [1.165, 1.54) is 12.8 Å². The summed E-state index contributed by atoms with van der Waals surface area (Å²) in [5.41, 5.74) is 2.00. The molecular weight excluding hydrogens is 304 g/mol. The van der Waals surface area contributed by atoms with Crippen LogP contribution >= 0.6 is 0 Å². The van der Waals surface area contributed by atoms with Crippen LogP contribution in [0.15, 0.2) is 30.9 Å². The number of imidazole rings is 1. The summed E-state index contributed by atoms with van der Waals surface area (Å²) < 4.78 is 1.79. The molecule has 1 aliphatic carbocycles. The van der Waals surface area contributed by atoms with Crippen LogP contribution in [0.2, 0.25) is 0 Å². The summed E-state index contributed by atoms with van der Waals surface area (Å²) in [6.07, 6.45) is 9.97. The molecule has 1 saturated carbocycles. The molecule has 126 valence electrons. The second-order valence-corrected chi connectivity index (χ2v) is 7.16. The lowest BCUT2D eigenvalue weighted by Crippen LogP contribution is -2.49.